The lowest BCUT2D eigenvalue weighted by molar-refractivity contribution is 0.330. The highest BCUT2D eigenvalue weighted by Crippen LogP contribution is 2.32. The Morgan fingerprint density at radius 1 is 1.23 bits per heavy atom. The zero-order valence-electron chi connectivity index (χ0n) is 16.7. The van der Waals surface area contributed by atoms with Crippen LogP contribution in [0.5, 0.6) is 5.75 Å². The molecule has 0 fully saturated rings. The lowest BCUT2D eigenvalue weighted by Gasteiger charge is -2.22. The molecule has 0 unspecified atom stereocenters. The Kier molecular flexibility index (Phi) is 4.96. The Morgan fingerprint density at radius 3 is 2.67 bits per heavy atom. The number of halogens is 1. The summed E-state index contributed by atoms with van der Waals surface area (Å²) in [6, 6.07) is 8.27. The number of nitrogens with one attached hydrogen (secondary N) is 1. The molecule has 8 nitrogen and oxygen atoms in total. The van der Waals surface area contributed by atoms with Gasteiger partial charge in [0.25, 0.3) is 15.6 Å². The van der Waals surface area contributed by atoms with Crippen LogP contribution in [0.1, 0.15) is 32.8 Å². The van der Waals surface area contributed by atoms with Crippen molar-refractivity contribution in [3.63, 3.8) is 0 Å². The molecule has 158 valence electrons. The summed E-state index contributed by atoms with van der Waals surface area (Å²) in [5, 5.41) is 13.8. The molecule has 2 N–H and O–H groups in total. The third-order valence-electron chi connectivity index (χ3n) is 4.91. The number of anilines is 1. The van der Waals surface area contributed by atoms with Gasteiger partial charge in [0.2, 0.25) is 0 Å². The van der Waals surface area contributed by atoms with Gasteiger partial charge < -0.3 is 10.4 Å². The van der Waals surface area contributed by atoms with E-state index in [1.54, 1.807) is 35.0 Å². The minimum atomic E-state index is -4.03. The number of hydrogen-bond donors (Lipinski definition) is 2. The van der Waals surface area contributed by atoms with Crippen LogP contribution in [0.4, 0.5) is 5.69 Å². The Labute approximate surface area is 187 Å². The van der Waals surface area contributed by atoms with E-state index in [1.165, 1.54) is 10.7 Å². The maximum atomic E-state index is 13.4. The largest absolute Gasteiger partial charge is 0.505 e. The van der Waals surface area contributed by atoms with Crippen LogP contribution in [0.25, 0.3) is 5.52 Å². The zero-order valence-corrected chi connectivity index (χ0v) is 19.7. The van der Waals surface area contributed by atoms with Crippen molar-refractivity contribution in [3.05, 3.63) is 56.0 Å². The second-order valence-corrected chi connectivity index (χ2v) is 11.2. The molecule has 0 atom stereocenters. The van der Waals surface area contributed by atoms with E-state index < -0.39 is 15.6 Å². The van der Waals surface area contributed by atoms with E-state index in [0.29, 0.717) is 24.2 Å². The second-order valence-electron chi connectivity index (χ2n) is 8.38. The molecule has 3 heterocycles. The van der Waals surface area contributed by atoms with Crippen LogP contribution >= 0.6 is 22.6 Å². The predicted molar refractivity (Wildman–Crippen MR) is 124 cm³/mol. The first-order chi connectivity index (χ1) is 14.0. The maximum absolute atomic E-state index is 13.4. The summed E-state index contributed by atoms with van der Waals surface area (Å²) in [6.07, 6.45) is 2.40. The number of hydrogen-bond acceptors (Lipinski definition) is 5. The number of sulfonamides is 1. The summed E-state index contributed by atoms with van der Waals surface area (Å²) >= 11 is 2.02. The van der Waals surface area contributed by atoms with Crippen molar-refractivity contribution in [2.75, 3.05) is 5.32 Å². The second kappa shape index (κ2) is 7.12. The van der Waals surface area contributed by atoms with Gasteiger partial charge in [-0.05, 0) is 64.8 Å². The molecule has 1 aliphatic rings. The summed E-state index contributed by atoms with van der Waals surface area (Å²) in [4.78, 5) is 13.4. The molecule has 0 spiro atoms. The minimum Gasteiger partial charge on any atom is -0.505 e. The molecule has 0 saturated heterocycles. The van der Waals surface area contributed by atoms with Gasteiger partial charge in [0.1, 0.15) is 16.0 Å². The summed E-state index contributed by atoms with van der Waals surface area (Å²) in [5.41, 5.74) is 0.0139. The fourth-order valence-electron chi connectivity index (χ4n) is 3.33. The van der Waals surface area contributed by atoms with Gasteiger partial charge in [-0.25, -0.2) is 4.68 Å². The van der Waals surface area contributed by atoms with Crippen molar-refractivity contribution < 1.29 is 13.5 Å². The first-order valence-corrected chi connectivity index (χ1v) is 11.8. The molecule has 10 heteroatoms. The molecular formula is C20H21IN4O4S. The van der Waals surface area contributed by atoms with Crippen molar-refractivity contribution in [2.45, 2.75) is 38.6 Å². The predicted octanol–water partition coefficient (Wildman–Crippen LogP) is 3.41. The molecule has 30 heavy (non-hydrogen) atoms. The van der Waals surface area contributed by atoms with Gasteiger partial charge >= 0.3 is 0 Å². The fourth-order valence-corrected chi connectivity index (χ4v) is 5.18. The molecule has 0 bridgehead atoms. The van der Waals surface area contributed by atoms with Crippen LogP contribution in [0.3, 0.4) is 0 Å². The van der Waals surface area contributed by atoms with E-state index >= 15 is 0 Å². The number of aryl methyl sites for hydroxylation is 1. The van der Waals surface area contributed by atoms with E-state index in [0.717, 1.165) is 3.57 Å². The number of nitrogens with zero attached hydrogens (tertiary/aromatic N) is 3. The number of amidine groups is 1. The van der Waals surface area contributed by atoms with Crippen LogP contribution in [-0.2, 0) is 16.6 Å². The van der Waals surface area contributed by atoms with Crippen molar-refractivity contribution in [1.82, 2.24) is 9.20 Å². The molecule has 4 rings (SSSR count). The average Bonchev–Trinajstić information content (AvgIpc) is 3.11. The van der Waals surface area contributed by atoms with E-state index in [9.17, 15) is 18.3 Å². The molecule has 1 aromatic carbocycles. The number of aromatic hydroxyl groups is 1. The van der Waals surface area contributed by atoms with Gasteiger partial charge in [-0.3, -0.25) is 9.31 Å². The van der Waals surface area contributed by atoms with Gasteiger partial charge in [0.05, 0.1) is 5.69 Å². The first-order valence-electron chi connectivity index (χ1n) is 9.33. The number of fused-ring (bicyclic) bond motifs is 2. The highest BCUT2D eigenvalue weighted by molar-refractivity contribution is 14.1. The van der Waals surface area contributed by atoms with Crippen molar-refractivity contribution in [3.8, 4) is 5.75 Å². The fraction of sp³-hybridized carbons (Fsp3) is 0.300. The van der Waals surface area contributed by atoms with Crippen molar-refractivity contribution in [2.24, 2.45) is 9.81 Å². The smallest absolute Gasteiger partial charge is 0.286 e. The third-order valence-corrected chi connectivity index (χ3v) is 6.90. The Bertz CT molecular complexity index is 1360. The maximum Gasteiger partial charge on any atom is 0.286 e. The standard InChI is InChI=1S/C20H21IN4O4S/c1-20(2,3)8-10-25-19(27)16(17(26)14-5-4-9-24(14)25)18-22-13-7-6-12(21)11-15(13)30(28,29)23-18/h4-7,9,11,26H,8,10H2,1-3H3,(H,22,23). The minimum absolute atomic E-state index is 0.0169. The molecule has 0 aliphatic carbocycles. The Hall–Kier alpha value is -2.34. The normalized spacial score (nSPS) is 15.5. The van der Waals surface area contributed by atoms with E-state index in [-0.39, 0.29) is 27.5 Å². The van der Waals surface area contributed by atoms with E-state index in [2.05, 4.69) is 30.5 Å². The lowest BCUT2D eigenvalue weighted by atomic mass is 9.92. The number of aromatic nitrogens is 2. The van der Waals surface area contributed by atoms with Crippen molar-refractivity contribution in [1.29, 1.82) is 0 Å². The molecule has 0 saturated carbocycles. The van der Waals surface area contributed by atoms with Gasteiger partial charge in [-0.15, -0.1) is 4.40 Å². The summed E-state index contributed by atoms with van der Waals surface area (Å²) < 4.78 is 33.2. The average molecular weight is 540 g/mol. The molecular weight excluding hydrogens is 519 g/mol. The van der Waals surface area contributed by atoms with Crippen LogP contribution in [0, 0.1) is 8.99 Å². The van der Waals surface area contributed by atoms with Crippen LogP contribution in [0.15, 0.2) is 50.6 Å². The van der Waals surface area contributed by atoms with Crippen molar-refractivity contribution >= 4 is 49.7 Å². The van der Waals surface area contributed by atoms with Gasteiger partial charge in [-0.2, -0.15) is 8.42 Å². The molecule has 1 aliphatic heterocycles. The van der Waals surface area contributed by atoms with Crippen LogP contribution < -0.4 is 10.9 Å². The van der Waals surface area contributed by atoms with Gasteiger partial charge in [-0.1, -0.05) is 20.8 Å². The quantitative estimate of drug-likeness (QED) is 0.496. The number of rotatable bonds is 3. The highest BCUT2D eigenvalue weighted by Gasteiger charge is 2.30. The Balaban J connectivity index is 1.93. The molecule has 2 aromatic heterocycles. The highest BCUT2D eigenvalue weighted by atomic mass is 127. The van der Waals surface area contributed by atoms with Crippen LogP contribution in [-0.4, -0.2) is 28.6 Å². The van der Waals surface area contributed by atoms with Gasteiger partial charge in [0.15, 0.2) is 11.6 Å². The first kappa shape index (κ1) is 20.9. The number of benzene rings is 1. The molecule has 0 amide bonds. The van der Waals surface area contributed by atoms with E-state index in [4.69, 9.17) is 0 Å². The van der Waals surface area contributed by atoms with E-state index in [1.807, 2.05) is 22.6 Å². The summed E-state index contributed by atoms with van der Waals surface area (Å²) in [7, 11) is -4.03. The SMILES string of the molecule is CC(C)(C)CCn1c(=O)c(C2=NS(=O)(=O)c3cc(I)ccc3N2)c(O)c2cccn21. The van der Waals surface area contributed by atoms with Gasteiger partial charge in [0, 0.05) is 16.3 Å². The summed E-state index contributed by atoms with van der Waals surface area (Å²) in [5.74, 6) is -0.494. The topological polar surface area (TPSA) is 105 Å². The summed E-state index contributed by atoms with van der Waals surface area (Å²) in [6.45, 7) is 6.62. The lowest BCUT2D eigenvalue weighted by Crippen LogP contribution is -2.35. The zero-order chi connectivity index (χ0) is 21.8. The third kappa shape index (κ3) is 3.62. The Morgan fingerprint density at radius 2 is 1.97 bits per heavy atom. The van der Waals surface area contributed by atoms with Crippen LogP contribution in [0.2, 0.25) is 0 Å². The molecule has 0 radical (unpaired) electrons. The monoisotopic (exact) mass is 540 g/mol. The molecule has 3 aromatic rings.